The summed E-state index contributed by atoms with van der Waals surface area (Å²) >= 11 is 0. The Morgan fingerprint density at radius 2 is 1.92 bits per heavy atom. The summed E-state index contributed by atoms with van der Waals surface area (Å²) in [5.41, 5.74) is 0.874. The lowest BCUT2D eigenvalue weighted by Gasteiger charge is -2.32. The smallest absolute Gasteiger partial charge is 0.408 e. The molecule has 1 aromatic carbocycles. The molecule has 2 amide bonds. The number of anilines is 1. The molecular formula is C18H19N3O4. The molecule has 1 aliphatic heterocycles. The molecule has 0 radical (unpaired) electrons. The van der Waals surface area contributed by atoms with Crippen molar-refractivity contribution < 1.29 is 19.1 Å². The van der Waals surface area contributed by atoms with Crippen LogP contribution in [0, 0.1) is 5.92 Å². The first kappa shape index (κ1) is 16.9. The Kier molecular flexibility index (Phi) is 5.58. The molecule has 7 nitrogen and oxygen atoms in total. The van der Waals surface area contributed by atoms with E-state index in [2.05, 4.69) is 15.6 Å². The number of hydrogen-bond donors (Lipinski definition) is 2. The highest BCUT2D eigenvalue weighted by Gasteiger charge is 2.35. The molecule has 0 saturated carbocycles. The second-order valence-corrected chi connectivity index (χ2v) is 5.69. The zero-order valence-corrected chi connectivity index (χ0v) is 13.6. The maximum absolute atomic E-state index is 12.5. The second kappa shape index (κ2) is 8.25. The summed E-state index contributed by atoms with van der Waals surface area (Å²) < 4.78 is 10.3. The summed E-state index contributed by atoms with van der Waals surface area (Å²) in [5, 5.41) is 5.32. The molecule has 0 bridgehead atoms. The molecular weight excluding hydrogens is 322 g/mol. The summed E-state index contributed by atoms with van der Waals surface area (Å²) in [6, 6.07) is 13.8. The number of pyridine rings is 1. The largest absolute Gasteiger partial charge is 0.445 e. The van der Waals surface area contributed by atoms with Gasteiger partial charge in [-0.15, -0.1) is 0 Å². The van der Waals surface area contributed by atoms with Crippen molar-refractivity contribution in [2.45, 2.75) is 12.6 Å². The monoisotopic (exact) mass is 341 g/mol. The van der Waals surface area contributed by atoms with E-state index in [4.69, 9.17) is 9.47 Å². The highest BCUT2D eigenvalue weighted by Crippen LogP contribution is 2.17. The Morgan fingerprint density at radius 1 is 1.16 bits per heavy atom. The fourth-order valence-electron chi connectivity index (χ4n) is 2.38. The van der Waals surface area contributed by atoms with Gasteiger partial charge in [-0.2, -0.15) is 0 Å². The third-order valence-electron chi connectivity index (χ3n) is 3.82. The number of nitrogens with one attached hydrogen (secondary N) is 2. The van der Waals surface area contributed by atoms with Crippen molar-refractivity contribution in [1.82, 2.24) is 10.3 Å². The molecule has 1 aromatic heterocycles. The number of rotatable bonds is 6. The average molecular weight is 341 g/mol. The van der Waals surface area contributed by atoms with Crippen LogP contribution in [0.2, 0.25) is 0 Å². The van der Waals surface area contributed by atoms with Gasteiger partial charge in [-0.25, -0.2) is 9.78 Å². The molecule has 2 aromatic rings. The number of nitrogens with zero attached hydrogens (tertiary/aromatic N) is 1. The molecule has 7 heteroatoms. The summed E-state index contributed by atoms with van der Waals surface area (Å²) in [6.45, 7) is 0.973. The lowest BCUT2D eigenvalue weighted by atomic mass is 9.97. The maximum Gasteiger partial charge on any atom is 0.408 e. The SMILES string of the molecule is O=C(N[C@H](C(=O)Nc1ccccn1)C1COC1)OCc1ccccc1. The standard InChI is InChI=1S/C18H19N3O4/c22-17(20-15-8-4-5-9-19-15)16(14-11-24-12-14)21-18(23)25-10-13-6-2-1-3-7-13/h1-9,14,16H,10-12H2,(H,21,23)(H,19,20,22)/t16-/m0/s1. The van der Waals surface area contributed by atoms with Crippen LogP contribution in [-0.4, -0.2) is 36.2 Å². The van der Waals surface area contributed by atoms with Crippen molar-refractivity contribution >= 4 is 17.8 Å². The van der Waals surface area contributed by atoms with Gasteiger partial charge in [0.1, 0.15) is 18.5 Å². The fourth-order valence-corrected chi connectivity index (χ4v) is 2.38. The molecule has 3 rings (SSSR count). The van der Waals surface area contributed by atoms with E-state index in [1.807, 2.05) is 30.3 Å². The zero-order valence-electron chi connectivity index (χ0n) is 13.6. The lowest BCUT2D eigenvalue weighted by Crippen LogP contribution is -2.54. The highest BCUT2D eigenvalue weighted by molar-refractivity contribution is 5.96. The molecule has 1 saturated heterocycles. The van der Waals surface area contributed by atoms with Gasteiger partial charge in [-0.1, -0.05) is 36.4 Å². The number of benzene rings is 1. The Balaban J connectivity index is 1.56. The predicted octanol–water partition coefficient (Wildman–Crippen LogP) is 1.96. The van der Waals surface area contributed by atoms with E-state index in [1.54, 1.807) is 24.4 Å². The Bertz CT molecular complexity index is 705. The van der Waals surface area contributed by atoms with Gasteiger partial charge >= 0.3 is 6.09 Å². The van der Waals surface area contributed by atoms with E-state index in [0.29, 0.717) is 19.0 Å². The fraction of sp³-hybridized carbons (Fsp3) is 0.278. The van der Waals surface area contributed by atoms with Crippen molar-refractivity contribution in [2.24, 2.45) is 5.92 Å². The highest BCUT2D eigenvalue weighted by atomic mass is 16.5. The Labute approximate surface area is 145 Å². The minimum Gasteiger partial charge on any atom is -0.445 e. The van der Waals surface area contributed by atoms with Crippen molar-refractivity contribution in [1.29, 1.82) is 0 Å². The van der Waals surface area contributed by atoms with Gasteiger partial charge in [0.25, 0.3) is 0 Å². The van der Waals surface area contributed by atoms with Crippen LogP contribution in [0.1, 0.15) is 5.56 Å². The van der Waals surface area contributed by atoms with Crippen LogP contribution in [0.4, 0.5) is 10.6 Å². The van der Waals surface area contributed by atoms with Gasteiger partial charge in [0.15, 0.2) is 0 Å². The predicted molar refractivity (Wildman–Crippen MR) is 90.7 cm³/mol. The van der Waals surface area contributed by atoms with Crippen LogP contribution >= 0.6 is 0 Å². The summed E-state index contributed by atoms with van der Waals surface area (Å²) in [7, 11) is 0. The number of aromatic nitrogens is 1. The first-order chi connectivity index (χ1) is 12.2. The second-order valence-electron chi connectivity index (χ2n) is 5.69. The minimum absolute atomic E-state index is 0.0898. The van der Waals surface area contributed by atoms with Gasteiger partial charge in [0, 0.05) is 12.1 Å². The van der Waals surface area contributed by atoms with Crippen molar-refractivity contribution in [3.8, 4) is 0 Å². The van der Waals surface area contributed by atoms with Crippen LogP contribution < -0.4 is 10.6 Å². The quantitative estimate of drug-likeness (QED) is 0.838. The Hall–Kier alpha value is -2.93. The van der Waals surface area contributed by atoms with E-state index in [1.165, 1.54) is 0 Å². The number of hydrogen-bond acceptors (Lipinski definition) is 5. The molecule has 25 heavy (non-hydrogen) atoms. The van der Waals surface area contributed by atoms with Crippen LogP contribution in [0.15, 0.2) is 54.7 Å². The van der Waals surface area contributed by atoms with Gasteiger partial charge in [-0.3, -0.25) is 4.79 Å². The molecule has 2 N–H and O–H groups in total. The van der Waals surface area contributed by atoms with Crippen LogP contribution in [0.3, 0.4) is 0 Å². The number of alkyl carbamates (subject to hydrolysis) is 1. The molecule has 0 unspecified atom stereocenters. The molecule has 0 aliphatic carbocycles. The third-order valence-corrected chi connectivity index (χ3v) is 3.82. The van der Waals surface area contributed by atoms with Crippen LogP contribution in [-0.2, 0) is 20.9 Å². The molecule has 0 spiro atoms. The number of carbonyl (C=O) groups excluding carboxylic acids is 2. The van der Waals surface area contributed by atoms with Gasteiger partial charge in [0.2, 0.25) is 5.91 Å². The van der Waals surface area contributed by atoms with E-state index in [-0.39, 0.29) is 18.4 Å². The zero-order chi connectivity index (χ0) is 17.5. The van der Waals surface area contributed by atoms with E-state index in [9.17, 15) is 9.59 Å². The van der Waals surface area contributed by atoms with E-state index in [0.717, 1.165) is 5.56 Å². The van der Waals surface area contributed by atoms with Crippen molar-refractivity contribution in [2.75, 3.05) is 18.5 Å². The Morgan fingerprint density at radius 3 is 2.56 bits per heavy atom. The van der Waals surface area contributed by atoms with Gasteiger partial charge < -0.3 is 20.1 Å². The van der Waals surface area contributed by atoms with E-state index >= 15 is 0 Å². The summed E-state index contributed by atoms with van der Waals surface area (Å²) in [4.78, 5) is 28.6. The number of carbonyl (C=O) groups is 2. The van der Waals surface area contributed by atoms with Crippen molar-refractivity contribution in [3.05, 3.63) is 60.3 Å². The number of ether oxygens (including phenoxy) is 2. The van der Waals surface area contributed by atoms with Crippen LogP contribution in [0.25, 0.3) is 0 Å². The molecule has 1 fully saturated rings. The first-order valence-corrected chi connectivity index (χ1v) is 7.99. The van der Waals surface area contributed by atoms with Gasteiger partial charge in [0.05, 0.1) is 13.2 Å². The molecule has 1 atom stereocenters. The first-order valence-electron chi connectivity index (χ1n) is 7.99. The average Bonchev–Trinajstić information content (AvgIpc) is 2.59. The van der Waals surface area contributed by atoms with E-state index < -0.39 is 12.1 Å². The van der Waals surface area contributed by atoms with Crippen molar-refractivity contribution in [3.63, 3.8) is 0 Å². The molecule has 2 heterocycles. The topological polar surface area (TPSA) is 89.6 Å². The molecule has 130 valence electrons. The minimum atomic E-state index is -0.737. The third kappa shape index (κ3) is 4.77. The van der Waals surface area contributed by atoms with Crippen LogP contribution in [0.5, 0.6) is 0 Å². The number of amides is 2. The summed E-state index contributed by atoms with van der Waals surface area (Å²) in [6.07, 6.45) is 0.940. The summed E-state index contributed by atoms with van der Waals surface area (Å²) in [5.74, 6) is -0.00570. The lowest BCUT2D eigenvalue weighted by molar-refractivity contribution is -0.125. The molecule has 1 aliphatic rings. The van der Waals surface area contributed by atoms with Gasteiger partial charge in [-0.05, 0) is 17.7 Å². The normalized spacial score (nSPS) is 14.9. The maximum atomic E-state index is 12.5.